The van der Waals surface area contributed by atoms with Gasteiger partial charge in [-0.2, -0.15) is 0 Å². The highest BCUT2D eigenvalue weighted by Crippen LogP contribution is 2.44. The van der Waals surface area contributed by atoms with Gasteiger partial charge in [0.25, 0.3) is 5.91 Å². The number of carbonyl (C=O) groups is 1. The summed E-state index contributed by atoms with van der Waals surface area (Å²) in [6.07, 6.45) is 0. The van der Waals surface area contributed by atoms with E-state index in [0.717, 1.165) is 6.07 Å². The van der Waals surface area contributed by atoms with Gasteiger partial charge in [-0.3, -0.25) is 14.9 Å². The Hall–Kier alpha value is -2.80. The third kappa shape index (κ3) is 2.03. The molecule has 0 unspecified atom stereocenters. The van der Waals surface area contributed by atoms with E-state index in [1.165, 1.54) is 4.90 Å². The molecule has 0 radical (unpaired) electrons. The Morgan fingerprint density at radius 2 is 1.86 bits per heavy atom. The first-order chi connectivity index (χ1) is 10.4. The monoisotopic (exact) mass is 320 g/mol. The summed E-state index contributed by atoms with van der Waals surface area (Å²) in [6.45, 7) is -0.0695. The van der Waals surface area contributed by atoms with Gasteiger partial charge >= 0.3 is 5.69 Å². The van der Waals surface area contributed by atoms with Crippen LogP contribution in [0.1, 0.15) is 15.9 Å². The third-order valence-corrected chi connectivity index (χ3v) is 3.72. The van der Waals surface area contributed by atoms with Gasteiger partial charge in [0.05, 0.1) is 22.6 Å². The average molecular weight is 321 g/mol. The number of hydrogen-bond acceptors (Lipinski definition) is 5. The first-order valence-corrected chi connectivity index (χ1v) is 6.57. The van der Waals surface area contributed by atoms with Crippen molar-refractivity contribution in [1.82, 2.24) is 0 Å². The summed E-state index contributed by atoms with van der Waals surface area (Å²) in [5.74, 6) is -2.03. The number of aromatic hydroxyl groups is 2. The molecule has 2 aromatic rings. The minimum absolute atomic E-state index is 0.00282. The van der Waals surface area contributed by atoms with Crippen molar-refractivity contribution in [3.63, 3.8) is 0 Å². The number of rotatable bonds is 2. The Morgan fingerprint density at radius 3 is 2.45 bits per heavy atom. The van der Waals surface area contributed by atoms with E-state index in [1.807, 2.05) is 0 Å². The van der Waals surface area contributed by atoms with Gasteiger partial charge in [-0.25, -0.2) is 0 Å². The van der Waals surface area contributed by atoms with Crippen LogP contribution in [0, 0.1) is 10.1 Å². The highest BCUT2D eigenvalue weighted by Gasteiger charge is 2.38. The van der Waals surface area contributed by atoms with Gasteiger partial charge in [0.2, 0.25) is 5.75 Å². The number of phenolic OH excluding ortho intramolecular Hbond substituents is 2. The maximum atomic E-state index is 12.4. The normalized spacial score (nSPS) is 13.3. The van der Waals surface area contributed by atoms with E-state index in [1.54, 1.807) is 24.3 Å². The van der Waals surface area contributed by atoms with Crippen LogP contribution in [0.25, 0.3) is 0 Å². The molecule has 2 N–H and O–H groups in total. The highest BCUT2D eigenvalue weighted by molar-refractivity contribution is 6.30. The summed E-state index contributed by atoms with van der Waals surface area (Å²) < 4.78 is 0. The molecular formula is C14H9ClN2O5. The predicted molar refractivity (Wildman–Crippen MR) is 78.4 cm³/mol. The number of anilines is 1. The van der Waals surface area contributed by atoms with Gasteiger partial charge in [0, 0.05) is 10.7 Å². The van der Waals surface area contributed by atoms with E-state index in [9.17, 15) is 25.1 Å². The summed E-state index contributed by atoms with van der Waals surface area (Å²) >= 11 is 5.79. The van der Waals surface area contributed by atoms with Crippen LogP contribution in [0.2, 0.25) is 5.02 Å². The van der Waals surface area contributed by atoms with Crippen LogP contribution in [-0.2, 0) is 6.54 Å². The van der Waals surface area contributed by atoms with Crippen molar-refractivity contribution >= 4 is 28.9 Å². The molecule has 1 heterocycles. The van der Waals surface area contributed by atoms with Crippen molar-refractivity contribution in [2.75, 3.05) is 4.90 Å². The summed E-state index contributed by atoms with van der Waals surface area (Å²) in [5, 5.41) is 30.9. The molecule has 1 aliphatic heterocycles. The van der Waals surface area contributed by atoms with Crippen molar-refractivity contribution in [2.45, 2.75) is 6.54 Å². The van der Waals surface area contributed by atoms with Crippen LogP contribution in [0.4, 0.5) is 11.4 Å². The van der Waals surface area contributed by atoms with Crippen LogP contribution >= 0.6 is 11.6 Å². The smallest absolute Gasteiger partial charge is 0.320 e. The molecule has 0 bridgehead atoms. The van der Waals surface area contributed by atoms with Crippen LogP contribution in [-0.4, -0.2) is 21.0 Å². The second-order valence-electron chi connectivity index (χ2n) is 4.74. The van der Waals surface area contributed by atoms with Crippen molar-refractivity contribution < 1.29 is 19.9 Å². The Morgan fingerprint density at radius 1 is 1.23 bits per heavy atom. The Kier molecular flexibility index (Phi) is 3.14. The number of carbonyl (C=O) groups excluding carboxylic acids is 1. The number of halogens is 1. The number of phenols is 2. The fourth-order valence-corrected chi connectivity index (χ4v) is 2.56. The summed E-state index contributed by atoms with van der Waals surface area (Å²) in [7, 11) is 0. The zero-order chi connectivity index (χ0) is 16.0. The summed E-state index contributed by atoms with van der Waals surface area (Å²) in [5.41, 5.74) is -0.0732. The zero-order valence-corrected chi connectivity index (χ0v) is 11.7. The SMILES string of the molecule is O=C1c2cc(O)c(O)c([N+](=O)[O-])c2CN1c1ccc(Cl)cc1. The summed E-state index contributed by atoms with van der Waals surface area (Å²) in [6, 6.07) is 7.44. The number of amides is 1. The van der Waals surface area contributed by atoms with E-state index in [4.69, 9.17) is 11.6 Å². The first kappa shape index (κ1) is 14.2. The molecule has 22 heavy (non-hydrogen) atoms. The Labute approximate surface area is 129 Å². The van der Waals surface area contributed by atoms with Crippen LogP contribution in [0.5, 0.6) is 11.5 Å². The molecule has 0 aliphatic carbocycles. The predicted octanol–water partition coefficient (Wildman–Crippen LogP) is 2.82. The van der Waals surface area contributed by atoms with Crippen molar-refractivity contribution in [2.24, 2.45) is 0 Å². The van der Waals surface area contributed by atoms with Gasteiger partial charge < -0.3 is 15.1 Å². The molecule has 1 amide bonds. The molecule has 0 fully saturated rings. The first-order valence-electron chi connectivity index (χ1n) is 6.19. The van der Waals surface area contributed by atoms with Gasteiger partial charge in [0.1, 0.15) is 0 Å². The lowest BCUT2D eigenvalue weighted by molar-refractivity contribution is -0.386. The molecule has 0 atom stereocenters. The van der Waals surface area contributed by atoms with Crippen LogP contribution < -0.4 is 4.90 Å². The second-order valence-corrected chi connectivity index (χ2v) is 5.18. The molecule has 8 heteroatoms. The lowest BCUT2D eigenvalue weighted by Crippen LogP contribution is -2.22. The van der Waals surface area contributed by atoms with Gasteiger partial charge in [-0.1, -0.05) is 11.6 Å². The molecule has 0 aromatic heterocycles. The van der Waals surface area contributed by atoms with Crippen LogP contribution in [0.3, 0.4) is 0 Å². The van der Waals surface area contributed by atoms with E-state index in [2.05, 4.69) is 0 Å². The topological polar surface area (TPSA) is 104 Å². The van der Waals surface area contributed by atoms with Gasteiger partial charge in [0.15, 0.2) is 5.75 Å². The number of benzene rings is 2. The molecule has 3 rings (SSSR count). The van der Waals surface area contributed by atoms with E-state index < -0.39 is 28.0 Å². The molecule has 0 saturated carbocycles. The maximum Gasteiger partial charge on any atom is 0.320 e. The summed E-state index contributed by atoms with van der Waals surface area (Å²) in [4.78, 5) is 24.0. The molecule has 1 aliphatic rings. The van der Waals surface area contributed by atoms with Crippen LogP contribution in [0.15, 0.2) is 30.3 Å². The number of nitro groups is 1. The van der Waals surface area contributed by atoms with Crippen molar-refractivity contribution in [3.05, 3.63) is 56.6 Å². The molecule has 7 nitrogen and oxygen atoms in total. The van der Waals surface area contributed by atoms with Gasteiger partial charge in [-0.05, 0) is 30.3 Å². The Bertz CT molecular complexity index is 804. The fraction of sp³-hybridized carbons (Fsp3) is 0.0714. The number of hydrogen-bond donors (Lipinski definition) is 2. The molecular weight excluding hydrogens is 312 g/mol. The quantitative estimate of drug-likeness (QED) is 0.503. The number of nitrogens with zero attached hydrogens (tertiary/aromatic N) is 2. The second kappa shape index (κ2) is 4.88. The minimum atomic E-state index is -0.838. The lowest BCUT2D eigenvalue weighted by atomic mass is 10.1. The van der Waals surface area contributed by atoms with Gasteiger partial charge in [-0.15, -0.1) is 0 Å². The Balaban J connectivity index is 2.13. The number of fused-ring (bicyclic) bond motifs is 1. The zero-order valence-electron chi connectivity index (χ0n) is 11.0. The van der Waals surface area contributed by atoms with E-state index in [0.29, 0.717) is 10.7 Å². The molecule has 0 spiro atoms. The third-order valence-electron chi connectivity index (χ3n) is 3.47. The highest BCUT2D eigenvalue weighted by atomic mass is 35.5. The van der Waals surface area contributed by atoms with Crippen molar-refractivity contribution in [3.8, 4) is 11.5 Å². The maximum absolute atomic E-state index is 12.4. The molecule has 2 aromatic carbocycles. The standard InChI is InChI=1S/C14H9ClN2O5/c15-7-1-3-8(4-2-7)16-6-10-9(14(16)20)5-11(18)13(19)12(10)17(21)22/h1-5,18-19H,6H2. The average Bonchev–Trinajstić information content (AvgIpc) is 2.78. The number of nitro benzene ring substituents is 1. The fourth-order valence-electron chi connectivity index (χ4n) is 2.44. The molecule has 0 saturated heterocycles. The molecule has 112 valence electrons. The minimum Gasteiger partial charge on any atom is -0.504 e. The largest absolute Gasteiger partial charge is 0.504 e. The van der Waals surface area contributed by atoms with E-state index in [-0.39, 0.29) is 17.7 Å². The lowest BCUT2D eigenvalue weighted by Gasteiger charge is -2.15. The van der Waals surface area contributed by atoms with Crippen molar-refractivity contribution in [1.29, 1.82) is 0 Å². The van der Waals surface area contributed by atoms with E-state index >= 15 is 0 Å².